The first kappa shape index (κ1) is 14.7. The van der Waals surface area contributed by atoms with Gasteiger partial charge in [0.1, 0.15) is 5.75 Å². The molecule has 1 unspecified atom stereocenters. The van der Waals surface area contributed by atoms with Crippen molar-refractivity contribution in [2.75, 3.05) is 45.2 Å². The number of anilines is 1. The van der Waals surface area contributed by atoms with Crippen LogP contribution >= 0.6 is 0 Å². The van der Waals surface area contributed by atoms with Crippen LogP contribution in [0.1, 0.15) is 6.92 Å². The maximum atomic E-state index is 11.7. The third-order valence-corrected chi connectivity index (χ3v) is 3.42. The van der Waals surface area contributed by atoms with E-state index in [2.05, 4.69) is 10.2 Å². The molecule has 1 saturated heterocycles. The normalized spacial score (nSPS) is 16.6. The molecule has 1 heterocycles. The SMILES string of the molecule is CC(Oc1ccc(N2CCNCC2)cc1)C(=O)N(C)C. The van der Waals surface area contributed by atoms with Crippen molar-refractivity contribution in [3.63, 3.8) is 0 Å². The van der Waals surface area contributed by atoms with Crippen LogP contribution in [0.25, 0.3) is 0 Å². The van der Waals surface area contributed by atoms with Gasteiger partial charge in [-0.25, -0.2) is 0 Å². The maximum Gasteiger partial charge on any atom is 0.262 e. The number of hydrogen-bond acceptors (Lipinski definition) is 4. The largest absolute Gasteiger partial charge is 0.481 e. The molecule has 2 rings (SSSR count). The molecular formula is C15H23N3O2. The molecule has 1 N–H and O–H groups in total. The Balaban J connectivity index is 1.95. The molecule has 5 nitrogen and oxygen atoms in total. The van der Waals surface area contributed by atoms with E-state index in [1.165, 1.54) is 5.69 Å². The Kier molecular flexibility index (Phi) is 4.84. The Labute approximate surface area is 120 Å². The monoisotopic (exact) mass is 277 g/mol. The zero-order valence-corrected chi connectivity index (χ0v) is 12.4. The second kappa shape index (κ2) is 6.61. The number of carbonyl (C=O) groups excluding carboxylic acids is 1. The van der Waals surface area contributed by atoms with Gasteiger partial charge < -0.3 is 19.9 Å². The molecule has 0 spiro atoms. The van der Waals surface area contributed by atoms with Gasteiger partial charge in [-0.1, -0.05) is 0 Å². The molecule has 1 atom stereocenters. The van der Waals surface area contributed by atoms with E-state index >= 15 is 0 Å². The van der Waals surface area contributed by atoms with Gasteiger partial charge in [-0.3, -0.25) is 4.79 Å². The van der Waals surface area contributed by atoms with Crippen molar-refractivity contribution in [3.05, 3.63) is 24.3 Å². The molecule has 0 aliphatic carbocycles. The van der Waals surface area contributed by atoms with Crippen LogP contribution in [0.4, 0.5) is 5.69 Å². The summed E-state index contributed by atoms with van der Waals surface area (Å²) in [6.45, 7) is 5.86. The highest BCUT2D eigenvalue weighted by atomic mass is 16.5. The topological polar surface area (TPSA) is 44.8 Å². The van der Waals surface area contributed by atoms with Crippen molar-refractivity contribution in [2.24, 2.45) is 0 Å². The Morgan fingerprint density at radius 1 is 1.25 bits per heavy atom. The number of carbonyl (C=O) groups is 1. The molecule has 20 heavy (non-hydrogen) atoms. The van der Waals surface area contributed by atoms with Crippen LogP contribution in [-0.2, 0) is 4.79 Å². The van der Waals surface area contributed by atoms with E-state index in [1.54, 1.807) is 25.9 Å². The summed E-state index contributed by atoms with van der Waals surface area (Å²) in [5, 5.41) is 3.34. The van der Waals surface area contributed by atoms with Crippen LogP contribution in [0, 0.1) is 0 Å². The average molecular weight is 277 g/mol. The van der Waals surface area contributed by atoms with Gasteiger partial charge in [0.25, 0.3) is 5.91 Å². The van der Waals surface area contributed by atoms with Gasteiger partial charge >= 0.3 is 0 Å². The van der Waals surface area contributed by atoms with Gasteiger partial charge in [-0.2, -0.15) is 0 Å². The second-order valence-electron chi connectivity index (χ2n) is 5.22. The fourth-order valence-electron chi connectivity index (χ4n) is 2.28. The molecule has 0 aromatic heterocycles. The lowest BCUT2D eigenvalue weighted by Gasteiger charge is -2.29. The third kappa shape index (κ3) is 3.63. The predicted molar refractivity (Wildman–Crippen MR) is 80.3 cm³/mol. The number of piperazine rings is 1. The standard InChI is InChI=1S/C15H23N3O2/c1-12(15(19)17(2)3)20-14-6-4-13(5-7-14)18-10-8-16-9-11-18/h4-7,12,16H,8-11H2,1-3H3. The van der Waals surface area contributed by atoms with E-state index in [0.29, 0.717) is 0 Å². The number of benzene rings is 1. The zero-order valence-electron chi connectivity index (χ0n) is 12.4. The van der Waals surface area contributed by atoms with Crippen LogP contribution in [0.3, 0.4) is 0 Å². The van der Waals surface area contributed by atoms with Crippen LogP contribution in [-0.4, -0.2) is 57.2 Å². The van der Waals surface area contributed by atoms with Crippen LogP contribution < -0.4 is 15.0 Å². The highest BCUT2D eigenvalue weighted by molar-refractivity contribution is 5.80. The summed E-state index contributed by atoms with van der Waals surface area (Å²) in [4.78, 5) is 15.6. The molecule has 1 aromatic rings. The lowest BCUT2D eigenvalue weighted by molar-refractivity contribution is -0.135. The molecule has 1 fully saturated rings. The van der Waals surface area contributed by atoms with Gasteiger partial charge in [0, 0.05) is 46.0 Å². The highest BCUT2D eigenvalue weighted by Gasteiger charge is 2.16. The minimum Gasteiger partial charge on any atom is -0.481 e. The first-order valence-electron chi connectivity index (χ1n) is 7.01. The van der Waals surface area contributed by atoms with Crippen molar-refractivity contribution in [1.29, 1.82) is 0 Å². The van der Waals surface area contributed by atoms with E-state index in [-0.39, 0.29) is 5.91 Å². The van der Waals surface area contributed by atoms with E-state index in [1.807, 2.05) is 24.3 Å². The third-order valence-electron chi connectivity index (χ3n) is 3.42. The van der Waals surface area contributed by atoms with Crippen LogP contribution in [0.15, 0.2) is 24.3 Å². The molecule has 0 bridgehead atoms. The first-order valence-corrected chi connectivity index (χ1v) is 7.01. The lowest BCUT2D eigenvalue weighted by Crippen LogP contribution is -2.43. The molecular weight excluding hydrogens is 254 g/mol. The maximum absolute atomic E-state index is 11.7. The molecule has 110 valence electrons. The quantitative estimate of drug-likeness (QED) is 0.890. The number of nitrogens with zero attached hydrogens (tertiary/aromatic N) is 2. The molecule has 0 saturated carbocycles. The fourth-order valence-corrected chi connectivity index (χ4v) is 2.28. The Hall–Kier alpha value is -1.75. The van der Waals surface area contributed by atoms with Crippen LogP contribution in [0.5, 0.6) is 5.75 Å². The van der Waals surface area contributed by atoms with E-state index in [0.717, 1.165) is 31.9 Å². The Morgan fingerprint density at radius 2 is 1.85 bits per heavy atom. The van der Waals surface area contributed by atoms with Gasteiger partial charge in [0.15, 0.2) is 6.10 Å². The molecule has 5 heteroatoms. The smallest absolute Gasteiger partial charge is 0.262 e. The summed E-state index contributed by atoms with van der Waals surface area (Å²) in [5.41, 5.74) is 1.20. The van der Waals surface area contributed by atoms with Crippen molar-refractivity contribution in [1.82, 2.24) is 10.2 Å². The molecule has 1 aromatic carbocycles. The van der Waals surface area contributed by atoms with E-state index in [9.17, 15) is 4.79 Å². The van der Waals surface area contributed by atoms with Crippen molar-refractivity contribution in [2.45, 2.75) is 13.0 Å². The minimum atomic E-state index is -0.463. The number of rotatable bonds is 4. The van der Waals surface area contributed by atoms with Crippen molar-refractivity contribution < 1.29 is 9.53 Å². The summed E-state index contributed by atoms with van der Waals surface area (Å²) in [7, 11) is 3.46. The molecule has 1 amide bonds. The highest BCUT2D eigenvalue weighted by Crippen LogP contribution is 2.20. The summed E-state index contributed by atoms with van der Waals surface area (Å²) in [6.07, 6.45) is -0.463. The molecule has 1 aliphatic rings. The Bertz CT molecular complexity index is 439. The molecule has 0 radical (unpaired) electrons. The zero-order chi connectivity index (χ0) is 14.5. The Morgan fingerprint density at radius 3 is 2.40 bits per heavy atom. The van der Waals surface area contributed by atoms with E-state index in [4.69, 9.17) is 4.74 Å². The van der Waals surface area contributed by atoms with Gasteiger partial charge in [-0.15, -0.1) is 0 Å². The number of ether oxygens (including phenoxy) is 1. The summed E-state index contributed by atoms with van der Waals surface area (Å²) in [6, 6.07) is 7.95. The molecule has 1 aliphatic heterocycles. The van der Waals surface area contributed by atoms with Crippen molar-refractivity contribution in [3.8, 4) is 5.75 Å². The number of amides is 1. The minimum absolute atomic E-state index is 0.0313. The van der Waals surface area contributed by atoms with Crippen molar-refractivity contribution >= 4 is 11.6 Å². The number of likely N-dealkylation sites (N-methyl/N-ethyl adjacent to an activating group) is 1. The van der Waals surface area contributed by atoms with E-state index < -0.39 is 6.10 Å². The number of nitrogens with one attached hydrogen (secondary N) is 1. The van der Waals surface area contributed by atoms with Gasteiger partial charge in [0.2, 0.25) is 0 Å². The average Bonchev–Trinajstić information content (AvgIpc) is 2.48. The summed E-state index contributed by atoms with van der Waals surface area (Å²) >= 11 is 0. The van der Waals surface area contributed by atoms with Gasteiger partial charge in [-0.05, 0) is 31.2 Å². The lowest BCUT2D eigenvalue weighted by atomic mass is 10.2. The number of hydrogen-bond donors (Lipinski definition) is 1. The second-order valence-corrected chi connectivity index (χ2v) is 5.22. The predicted octanol–water partition coefficient (Wildman–Crippen LogP) is 0.952. The summed E-state index contributed by atoms with van der Waals surface area (Å²) in [5.74, 6) is 0.697. The fraction of sp³-hybridized carbons (Fsp3) is 0.533. The van der Waals surface area contributed by atoms with Gasteiger partial charge in [0.05, 0.1) is 0 Å². The van der Waals surface area contributed by atoms with Crippen LogP contribution in [0.2, 0.25) is 0 Å². The summed E-state index contributed by atoms with van der Waals surface area (Å²) < 4.78 is 5.66. The first-order chi connectivity index (χ1) is 9.58.